The molecule has 128 valence electrons. The summed E-state index contributed by atoms with van der Waals surface area (Å²) < 4.78 is 10.9. The zero-order valence-corrected chi connectivity index (χ0v) is 15.5. The summed E-state index contributed by atoms with van der Waals surface area (Å²) in [6.07, 6.45) is -0.935. The van der Waals surface area contributed by atoms with Gasteiger partial charge in [0.1, 0.15) is 11.6 Å². The fraction of sp³-hybridized carbons (Fsp3) is 0.467. The summed E-state index contributed by atoms with van der Waals surface area (Å²) in [5.74, 6) is -1.13. The van der Waals surface area contributed by atoms with Crippen LogP contribution in [0.5, 0.6) is 11.5 Å². The van der Waals surface area contributed by atoms with Crippen LogP contribution < -0.4 is 10.1 Å². The first-order chi connectivity index (χ1) is 10.5. The number of carboxylic acids is 1. The number of carbonyl (C=O) groups excluding carboxylic acids is 1. The van der Waals surface area contributed by atoms with Gasteiger partial charge in [-0.15, -0.1) is 0 Å². The van der Waals surface area contributed by atoms with E-state index in [0.29, 0.717) is 5.56 Å². The van der Waals surface area contributed by atoms with Crippen LogP contribution in [0.4, 0.5) is 4.79 Å². The maximum Gasteiger partial charge on any atom is 0.408 e. The molecule has 7 nitrogen and oxygen atoms in total. The lowest BCUT2D eigenvalue weighted by Crippen LogP contribution is -2.44. The highest BCUT2D eigenvalue weighted by Gasteiger charge is 2.26. The first-order valence-electron chi connectivity index (χ1n) is 6.81. The van der Waals surface area contributed by atoms with Crippen molar-refractivity contribution in [3.63, 3.8) is 0 Å². The van der Waals surface area contributed by atoms with E-state index in [9.17, 15) is 19.8 Å². The summed E-state index contributed by atoms with van der Waals surface area (Å²) in [6, 6.07) is 2.01. The molecule has 0 heterocycles. The predicted molar refractivity (Wildman–Crippen MR) is 91.9 cm³/mol. The topological polar surface area (TPSA) is 105 Å². The van der Waals surface area contributed by atoms with Crippen LogP contribution in [0.1, 0.15) is 26.3 Å². The Morgan fingerprint density at radius 2 is 1.96 bits per heavy atom. The molecule has 1 aromatic rings. The minimum absolute atomic E-state index is 0.104. The number of alkyl carbamates (subject to hydrolysis) is 1. The van der Waals surface area contributed by atoms with Crippen LogP contribution >= 0.6 is 22.6 Å². The second kappa shape index (κ2) is 7.71. The molecular formula is C15H20INO6. The van der Waals surface area contributed by atoms with Gasteiger partial charge in [0.25, 0.3) is 0 Å². The molecule has 0 aliphatic rings. The number of benzene rings is 1. The van der Waals surface area contributed by atoms with Crippen LogP contribution in [-0.2, 0) is 16.0 Å². The van der Waals surface area contributed by atoms with Crippen molar-refractivity contribution in [2.45, 2.75) is 38.8 Å². The molecule has 0 aromatic heterocycles. The van der Waals surface area contributed by atoms with Gasteiger partial charge in [-0.25, -0.2) is 9.59 Å². The molecule has 0 saturated carbocycles. The molecule has 0 aliphatic carbocycles. The van der Waals surface area contributed by atoms with Crippen LogP contribution in [0.15, 0.2) is 12.1 Å². The molecule has 0 radical (unpaired) electrons. The summed E-state index contributed by atoms with van der Waals surface area (Å²) in [4.78, 5) is 23.1. The number of ether oxygens (including phenoxy) is 2. The van der Waals surface area contributed by atoms with Crippen LogP contribution in [0, 0.1) is 3.57 Å². The number of aliphatic carboxylic acids is 1. The minimum Gasteiger partial charge on any atom is -0.504 e. The largest absolute Gasteiger partial charge is 0.504 e. The summed E-state index contributed by atoms with van der Waals surface area (Å²) in [5, 5.41) is 21.7. The number of nitrogens with one attached hydrogen (secondary N) is 1. The first kappa shape index (κ1) is 19.3. The molecule has 0 spiro atoms. The lowest BCUT2D eigenvalue weighted by molar-refractivity contribution is -0.139. The Kier molecular flexibility index (Phi) is 6.48. The molecule has 3 N–H and O–H groups in total. The Morgan fingerprint density at radius 1 is 1.35 bits per heavy atom. The van der Waals surface area contributed by atoms with E-state index < -0.39 is 23.7 Å². The Balaban J connectivity index is 2.95. The number of phenols is 1. The van der Waals surface area contributed by atoms with Crippen molar-refractivity contribution in [1.82, 2.24) is 5.32 Å². The summed E-state index contributed by atoms with van der Waals surface area (Å²) in [7, 11) is 1.41. The van der Waals surface area contributed by atoms with Gasteiger partial charge in [-0.3, -0.25) is 0 Å². The van der Waals surface area contributed by atoms with Gasteiger partial charge in [0.15, 0.2) is 11.5 Å². The van der Waals surface area contributed by atoms with Gasteiger partial charge < -0.3 is 25.0 Å². The molecule has 0 aliphatic heterocycles. The van der Waals surface area contributed by atoms with E-state index in [4.69, 9.17) is 9.47 Å². The Bertz CT molecular complexity index is 596. The van der Waals surface area contributed by atoms with Gasteiger partial charge in [0, 0.05) is 15.6 Å². The van der Waals surface area contributed by atoms with Crippen molar-refractivity contribution >= 4 is 34.7 Å². The zero-order chi connectivity index (χ0) is 17.8. The van der Waals surface area contributed by atoms with Gasteiger partial charge in [-0.2, -0.15) is 0 Å². The highest BCUT2D eigenvalue weighted by molar-refractivity contribution is 14.1. The highest BCUT2D eigenvalue weighted by Crippen LogP contribution is 2.32. The van der Waals surface area contributed by atoms with Gasteiger partial charge in [0.2, 0.25) is 0 Å². The van der Waals surface area contributed by atoms with Crippen LogP contribution in [-0.4, -0.2) is 41.0 Å². The number of carboxylic acid groups (broad SMARTS) is 1. The SMILES string of the molecule is COc1cc(I)cc(CC(NC(=O)OC(C)(C)C)C(=O)O)c1O. The van der Waals surface area contributed by atoms with Crippen LogP contribution in [0.25, 0.3) is 0 Å². The number of phenolic OH excluding ortho intramolecular Hbond substituents is 1. The van der Waals surface area contributed by atoms with E-state index in [0.717, 1.165) is 3.57 Å². The molecular weight excluding hydrogens is 417 g/mol. The van der Waals surface area contributed by atoms with E-state index in [2.05, 4.69) is 5.32 Å². The van der Waals surface area contributed by atoms with Crippen molar-refractivity contribution in [3.8, 4) is 11.5 Å². The van der Waals surface area contributed by atoms with E-state index in [1.807, 2.05) is 22.6 Å². The fourth-order valence-corrected chi connectivity index (χ4v) is 2.47. The van der Waals surface area contributed by atoms with Crippen molar-refractivity contribution in [2.75, 3.05) is 7.11 Å². The van der Waals surface area contributed by atoms with E-state index in [-0.39, 0.29) is 17.9 Å². The number of halogens is 1. The Morgan fingerprint density at radius 3 is 2.43 bits per heavy atom. The number of amides is 1. The summed E-state index contributed by atoms with van der Waals surface area (Å²) >= 11 is 2.03. The normalized spacial score (nSPS) is 12.4. The first-order valence-corrected chi connectivity index (χ1v) is 7.89. The summed E-state index contributed by atoms with van der Waals surface area (Å²) in [5.41, 5.74) is -0.377. The lowest BCUT2D eigenvalue weighted by Gasteiger charge is -2.22. The Labute approximate surface area is 148 Å². The van der Waals surface area contributed by atoms with Crippen molar-refractivity contribution < 1.29 is 29.3 Å². The number of rotatable bonds is 5. The van der Waals surface area contributed by atoms with Crippen LogP contribution in [0.3, 0.4) is 0 Å². The average Bonchev–Trinajstić information content (AvgIpc) is 2.39. The number of aromatic hydroxyl groups is 1. The molecule has 8 heteroatoms. The predicted octanol–water partition coefficient (Wildman–Crippen LogP) is 2.53. The molecule has 1 amide bonds. The third-order valence-corrected chi connectivity index (χ3v) is 3.37. The Hall–Kier alpha value is -1.71. The molecule has 23 heavy (non-hydrogen) atoms. The molecule has 1 unspecified atom stereocenters. The maximum atomic E-state index is 11.8. The molecule has 1 atom stereocenters. The van der Waals surface area contributed by atoms with Gasteiger partial charge in [-0.05, 0) is 55.5 Å². The van der Waals surface area contributed by atoms with Gasteiger partial charge in [0.05, 0.1) is 7.11 Å². The van der Waals surface area contributed by atoms with E-state index in [1.54, 1.807) is 32.9 Å². The highest BCUT2D eigenvalue weighted by atomic mass is 127. The fourth-order valence-electron chi connectivity index (χ4n) is 1.81. The van der Waals surface area contributed by atoms with Crippen molar-refractivity contribution in [2.24, 2.45) is 0 Å². The maximum absolute atomic E-state index is 11.8. The third kappa shape index (κ3) is 6.12. The number of methoxy groups -OCH3 is 1. The minimum atomic E-state index is -1.24. The zero-order valence-electron chi connectivity index (χ0n) is 13.3. The monoisotopic (exact) mass is 437 g/mol. The van der Waals surface area contributed by atoms with E-state index >= 15 is 0 Å². The summed E-state index contributed by atoms with van der Waals surface area (Å²) in [6.45, 7) is 5.04. The molecule has 1 rings (SSSR count). The number of hydrogen-bond acceptors (Lipinski definition) is 5. The lowest BCUT2D eigenvalue weighted by atomic mass is 10.0. The standard InChI is InChI=1S/C15H20INO6/c1-15(2,3)23-14(21)17-10(13(19)20)6-8-5-9(16)7-11(22-4)12(8)18/h5,7,10,18H,6H2,1-4H3,(H,17,21)(H,19,20). The van der Waals surface area contributed by atoms with Gasteiger partial charge >= 0.3 is 12.1 Å². The second-order valence-electron chi connectivity index (χ2n) is 5.86. The molecule has 0 saturated heterocycles. The quantitative estimate of drug-likeness (QED) is 0.612. The van der Waals surface area contributed by atoms with E-state index in [1.165, 1.54) is 7.11 Å². The number of hydrogen-bond donors (Lipinski definition) is 3. The molecule has 1 aromatic carbocycles. The van der Waals surface area contributed by atoms with Crippen molar-refractivity contribution in [3.05, 3.63) is 21.3 Å². The number of carbonyl (C=O) groups is 2. The molecule has 0 fully saturated rings. The average molecular weight is 437 g/mol. The second-order valence-corrected chi connectivity index (χ2v) is 7.10. The smallest absolute Gasteiger partial charge is 0.408 e. The molecule has 0 bridgehead atoms. The van der Waals surface area contributed by atoms with Crippen molar-refractivity contribution in [1.29, 1.82) is 0 Å². The van der Waals surface area contributed by atoms with Crippen LogP contribution in [0.2, 0.25) is 0 Å². The third-order valence-electron chi connectivity index (χ3n) is 2.75. The van der Waals surface area contributed by atoms with Gasteiger partial charge in [-0.1, -0.05) is 0 Å².